The molecular formula is C18H21N3O2. The van der Waals surface area contributed by atoms with Gasteiger partial charge in [0, 0.05) is 24.0 Å². The van der Waals surface area contributed by atoms with Crippen LogP contribution < -0.4 is 16.0 Å². The van der Waals surface area contributed by atoms with Crippen molar-refractivity contribution in [3.05, 3.63) is 59.7 Å². The monoisotopic (exact) mass is 311 g/mol. The number of carbonyl (C=O) groups excluding carboxylic acids is 2. The predicted octanol–water partition coefficient (Wildman–Crippen LogP) is 2.79. The van der Waals surface area contributed by atoms with Crippen molar-refractivity contribution < 1.29 is 9.59 Å². The molecule has 23 heavy (non-hydrogen) atoms. The van der Waals surface area contributed by atoms with Gasteiger partial charge in [0.25, 0.3) is 5.91 Å². The van der Waals surface area contributed by atoms with Gasteiger partial charge in [0.15, 0.2) is 0 Å². The first-order chi connectivity index (χ1) is 11.0. The van der Waals surface area contributed by atoms with Crippen LogP contribution in [0, 0.1) is 6.92 Å². The topological polar surface area (TPSA) is 70.2 Å². The van der Waals surface area contributed by atoms with Crippen molar-refractivity contribution in [1.29, 1.82) is 0 Å². The zero-order chi connectivity index (χ0) is 16.8. The second-order valence-electron chi connectivity index (χ2n) is 5.38. The molecule has 0 fully saturated rings. The van der Waals surface area contributed by atoms with E-state index < -0.39 is 6.04 Å². The zero-order valence-corrected chi connectivity index (χ0v) is 13.5. The molecule has 0 saturated heterocycles. The maximum absolute atomic E-state index is 12.2. The summed E-state index contributed by atoms with van der Waals surface area (Å²) in [6.45, 7) is 3.77. The summed E-state index contributed by atoms with van der Waals surface area (Å²) in [7, 11) is 1.58. The number of carbonyl (C=O) groups is 2. The zero-order valence-electron chi connectivity index (χ0n) is 13.5. The normalized spacial score (nSPS) is 11.4. The molecule has 0 heterocycles. The molecule has 2 aromatic rings. The van der Waals surface area contributed by atoms with E-state index in [0.29, 0.717) is 5.56 Å². The van der Waals surface area contributed by atoms with E-state index in [1.54, 1.807) is 32.2 Å². The van der Waals surface area contributed by atoms with Gasteiger partial charge in [-0.05, 0) is 44.2 Å². The minimum absolute atomic E-state index is 0.140. The molecule has 1 atom stereocenters. The van der Waals surface area contributed by atoms with Gasteiger partial charge in [0.05, 0.1) is 0 Å². The Bertz CT molecular complexity index is 696. The van der Waals surface area contributed by atoms with Crippen LogP contribution >= 0.6 is 0 Å². The van der Waals surface area contributed by atoms with Gasteiger partial charge < -0.3 is 16.0 Å². The molecular weight excluding hydrogens is 290 g/mol. The minimum Gasteiger partial charge on any atom is -0.374 e. The first-order valence-corrected chi connectivity index (χ1v) is 7.46. The fourth-order valence-electron chi connectivity index (χ4n) is 2.10. The van der Waals surface area contributed by atoms with E-state index >= 15 is 0 Å². The van der Waals surface area contributed by atoms with Crippen LogP contribution in [0.2, 0.25) is 0 Å². The van der Waals surface area contributed by atoms with Crippen molar-refractivity contribution in [2.24, 2.45) is 0 Å². The lowest BCUT2D eigenvalue weighted by molar-refractivity contribution is -0.116. The van der Waals surface area contributed by atoms with Crippen LogP contribution in [0.1, 0.15) is 22.8 Å². The average molecular weight is 311 g/mol. The fourth-order valence-corrected chi connectivity index (χ4v) is 2.10. The highest BCUT2D eigenvalue weighted by molar-refractivity contribution is 5.97. The van der Waals surface area contributed by atoms with Crippen LogP contribution in [0.4, 0.5) is 11.4 Å². The second-order valence-corrected chi connectivity index (χ2v) is 5.38. The average Bonchev–Trinajstić information content (AvgIpc) is 2.56. The molecule has 0 aliphatic rings. The van der Waals surface area contributed by atoms with E-state index in [9.17, 15) is 9.59 Å². The third-order valence-electron chi connectivity index (χ3n) is 3.45. The molecule has 5 nitrogen and oxygen atoms in total. The van der Waals surface area contributed by atoms with Gasteiger partial charge in [0.2, 0.25) is 5.91 Å². The Morgan fingerprint density at radius 3 is 2.35 bits per heavy atom. The Labute approximate surface area is 136 Å². The third-order valence-corrected chi connectivity index (χ3v) is 3.45. The Kier molecular flexibility index (Phi) is 5.36. The summed E-state index contributed by atoms with van der Waals surface area (Å²) in [5.41, 5.74) is 3.16. The highest BCUT2D eigenvalue weighted by Gasteiger charge is 2.13. The lowest BCUT2D eigenvalue weighted by Crippen LogP contribution is -2.32. The molecule has 2 rings (SSSR count). The molecule has 0 aliphatic heterocycles. The summed E-state index contributed by atoms with van der Waals surface area (Å²) in [4.78, 5) is 23.9. The van der Waals surface area contributed by atoms with Crippen molar-refractivity contribution in [2.75, 3.05) is 17.7 Å². The molecule has 2 amide bonds. The summed E-state index contributed by atoms with van der Waals surface area (Å²) in [5, 5.41) is 8.53. The molecule has 0 saturated carbocycles. The molecule has 0 aromatic heterocycles. The second kappa shape index (κ2) is 7.45. The molecule has 0 bridgehead atoms. The number of hydrogen-bond acceptors (Lipinski definition) is 3. The number of amides is 2. The third kappa shape index (κ3) is 4.57. The van der Waals surface area contributed by atoms with Crippen LogP contribution in [-0.4, -0.2) is 24.9 Å². The quantitative estimate of drug-likeness (QED) is 0.795. The lowest BCUT2D eigenvalue weighted by atomic mass is 10.1. The molecule has 120 valence electrons. The van der Waals surface area contributed by atoms with Gasteiger partial charge in [-0.3, -0.25) is 9.59 Å². The number of aryl methyl sites for hydroxylation is 1. The molecule has 0 aliphatic carbocycles. The SMILES string of the molecule is CNC(=O)c1cccc(N[C@H](C)C(=O)Nc2ccc(C)cc2)c1. The van der Waals surface area contributed by atoms with Crippen molar-refractivity contribution in [2.45, 2.75) is 19.9 Å². The smallest absolute Gasteiger partial charge is 0.251 e. The largest absolute Gasteiger partial charge is 0.374 e. The van der Waals surface area contributed by atoms with Crippen molar-refractivity contribution in [1.82, 2.24) is 5.32 Å². The van der Waals surface area contributed by atoms with Crippen molar-refractivity contribution in [3.63, 3.8) is 0 Å². The maximum atomic E-state index is 12.2. The highest BCUT2D eigenvalue weighted by Crippen LogP contribution is 2.13. The van der Waals surface area contributed by atoms with Crippen LogP contribution in [0.25, 0.3) is 0 Å². The Hall–Kier alpha value is -2.82. The Balaban J connectivity index is 2.00. The predicted molar refractivity (Wildman–Crippen MR) is 92.7 cm³/mol. The number of anilines is 2. The molecule has 3 N–H and O–H groups in total. The number of hydrogen-bond donors (Lipinski definition) is 3. The summed E-state index contributed by atoms with van der Waals surface area (Å²) < 4.78 is 0. The van der Waals surface area contributed by atoms with Crippen LogP contribution in [0.3, 0.4) is 0 Å². The van der Waals surface area contributed by atoms with E-state index in [2.05, 4.69) is 16.0 Å². The van der Waals surface area contributed by atoms with E-state index in [-0.39, 0.29) is 11.8 Å². The van der Waals surface area contributed by atoms with Gasteiger partial charge in [-0.1, -0.05) is 23.8 Å². The fraction of sp³-hybridized carbons (Fsp3) is 0.222. The van der Waals surface area contributed by atoms with Crippen LogP contribution in [0.15, 0.2) is 48.5 Å². The standard InChI is InChI=1S/C18H21N3O2/c1-12-7-9-15(10-8-12)21-17(22)13(2)20-16-6-4-5-14(11-16)18(23)19-3/h4-11,13,20H,1-3H3,(H,19,23)(H,21,22)/t13-/m1/s1. The van der Waals surface area contributed by atoms with E-state index in [0.717, 1.165) is 16.9 Å². The van der Waals surface area contributed by atoms with E-state index in [4.69, 9.17) is 0 Å². The minimum atomic E-state index is -0.434. The first kappa shape index (κ1) is 16.5. The number of benzene rings is 2. The molecule has 5 heteroatoms. The van der Waals surface area contributed by atoms with Crippen LogP contribution in [0.5, 0.6) is 0 Å². The van der Waals surface area contributed by atoms with Gasteiger partial charge in [-0.15, -0.1) is 0 Å². The number of nitrogens with one attached hydrogen (secondary N) is 3. The number of rotatable bonds is 5. The first-order valence-electron chi connectivity index (χ1n) is 7.46. The van der Waals surface area contributed by atoms with Crippen molar-refractivity contribution in [3.8, 4) is 0 Å². The highest BCUT2D eigenvalue weighted by atomic mass is 16.2. The Morgan fingerprint density at radius 2 is 1.70 bits per heavy atom. The summed E-state index contributed by atoms with van der Waals surface area (Å²) in [6.07, 6.45) is 0. The molecule has 0 spiro atoms. The summed E-state index contributed by atoms with van der Waals surface area (Å²) in [5.74, 6) is -0.301. The Morgan fingerprint density at radius 1 is 1.00 bits per heavy atom. The van der Waals surface area contributed by atoms with Gasteiger partial charge in [-0.25, -0.2) is 0 Å². The molecule has 2 aromatic carbocycles. The van der Waals surface area contributed by atoms with Crippen LogP contribution in [-0.2, 0) is 4.79 Å². The van der Waals surface area contributed by atoms with Gasteiger partial charge >= 0.3 is 0 Å². The molecule has 0 radical (unpaired) electrons. The maximum Gasteiger partial charge on any atom is 0.251 e. The van der Waals surface area contributed by atoms with Crippen molar-refractivity contribution >= 4 is 23.2 Å². The summed E-state index contributed by atoms with van der Waals surface area (Å²) in [6, 6.07) is 14.2. The van der Waals surface area contributed by atoms with Gasteiger partial charge in [-0.2, -0.15) is 0 Å². The van der Waals surface area contributed by atoms with E-state index in [1.165, 1.54) is 0 Å². The molecule has 0 unspecified atom stereocenters. The van der Waals surface area contributed by atoms with Gasteiger partial charge in [0.1, 0.15) is 6.04 Å². The summed E-state index contributed by atoms with van der Waals surface area (Å²) >= 11 is 0. The lowest BCUT2D eigenvalue weighted by Gasteiger charge is -2.16. The van der Waals surface area contributed by atoms with E-state index in [1.807, 2.05) is 37.3 Å².